The van der Waals surface area contributed by atoms with Crippen LogP contribution in [0.25, 0.3) is 0 Å². The second kappa shape index (κ2) is 9.31. The zero-order chi connectivity index (χ0) is 21.1. The molecule has 4 rings (SSSR count). The molecule has 1 aliphatic carbocycles. The summed E-state index contributed by atoms with van der Waals surface area (Å²) in [4.78, 5) is 41.7. The number of methoxy groups -OCH3 is 1. The fraction of sp³-hybridized carbons (Fsp3) is 0.500. The highest BCUT2D eigenvalue weighted by Crippen LogP contribution is 2.38. The van der Waals surface area contributed by atoms with E-state index in [4.69, 9.17) is 4.74 Å². The monoisotopic (exact) mass is 446 g/mol. The molecule has 0 atom stereocenters. The lowest BCUT2D eigenvalue weighted by molar-refractivity contribution is -0.121. The number of aryl methyl sites for hydroxylation is 1. The minimum Gasteiger partial charge on any atom is -0.465 e. The Balaban J connectivity index is 1.43. The number of carbonyl (C=O) groups excluding carboxylic acids is 3. The van der Waals surface area contributed by atoms with Crippen LogP contribution in [-0.4, -0.2) is 42.9 Å². The van der Waals surface area contributed by atoms with E-state index in [0.29, 0.717) is 36.5 Å². The smallest absolute Gasteiger partial charge is 0.341 e. The number of fused-ring (bicyclic) bond motifs is 1. The van der Waals surface area contributed by atoms with E-state index in [1.54, 1.807) is 0 Å². The molecule has 1 aliphatic heterocycles. The van der Waals surface area contributed by atoms with Crippen LogP contribution in [0.1, 0.15) is 62.6 Å². The first kappa shape index (κ1) is 21.1. The Morgan fingerprint density at radius 3 is 2.60 bits per heavy atom. The average molecular weight is 447 g/mol. The first-order valence-electron chi connectivity index (χ1n) is 10.4. The zero-order valence-electron chi connectivity index (χ0n) is 17.1. The summed E-state index contributed by atoms with van der Waals surface area (Å²) in [7, 11) is 1.38. The van der Waals surface area contributed by atoms with Gasteiger partial charge in [0.2, 0.25) is 5.91 Å². The van der Waals surface area contributed by atoms with Gasteiger partial charge in [-0.1, -0.05) is 12.5 Å². The highest BCUT2D eigenvalue weighted by atomic mass is 32.1. The Bertz CT molecular complexity index is 927. The third kappa shape index (κ3) is 4.30. The van der Waals surface area contributed by atoms with Gasteiger partial charge < -0.3 is 15.0 Å². The van der Waals surface area contributed by atoms with Gasteiger partial charge in [0, 0.05) is 23.9 Å². The largest absolute Gasteiger partial charge is 0.465 e. The number of esters is 1. The molecule has 3 heterocycles. The van der Waals surface area contributed by atoms with E-state index >= 15 is 0 Å². The second-order valence-corrected chi connectivity index (χ2v) is 9.85. The summed E-state index contributed by atoms with van der Waals surface area (Å²) < 4.78 is 5.02. The molecule has 0 saturated carbocycles. The number of hydrogen-bond acceptors (Lipinski definition) is 6. The van der Waals surface area contributed by atoms with Gasteiger partial charge in [-0.25, -0.2) is 4.79 Å². The standard InChI is InChI=1S/C22H26N2O4S2/c1-28-22(27)18-15-6-3-2-4-7-16(15)30-20(18)23-19(25)14-9-11-24(12-10-14)21(26)17-8-5-13-29-17/h5,8,13-14H,2-4,6-7,9-12H2,1H3,(H,23,25). The minimum atomic E-state index is -0.374. The van der Waals surface area contributed by atoms with Gasteiger partial charge in [-0.05, 0) is 55.5 Å². The first-order chi connectivity index (χ1) is 14.6. The van der Waals surface area contributed by atoms with Crippen molar-refractivity contribution in [1.29, 1.82) is 0 Å². The quantitative estimate of drug-likeness (QED) is 0.559. The number of amides is 2. The molecular weight excluding hydrogens is 420 g/mol. The van der Waals surface area contributed by atoms with Gasteiger partial charge in [-0.2, -0.15) is 0 Å². The molecule has 30 heavy (non-hydrogen) atoms. The maximum atomic E-state index is 13.0. The van der Waals surface area contributed by atoms with Crippen molar-refractivity contribution in [3.63, 3.8) is 0 Å². The maximum absolute atomic E-state index is 13.0. The Hall–Kier alpha value is -2.19. The van der Waals surface area contributed by atoms with Gasteiger partial charge in [-0.15, -0.1) is 22.7 Å². The minimum absolute atomic E-state index is 0.0406. The molecule has 2 aromatic rings. The number of anilines is 1. The fourth-order valence-corrected chi connectivity index (χ4v) is 6.23. The van der Waals surface area contributed by atoms with Gasteiger partial charge in [0.25, 0.3) is 5.91 Å². The van der Waals surface area contributed by atoms with Crippen molar-refractivity contribution in [1.82, 2.24) is 4.90 Å². The van der Waals surface area contributed by atoms with Crippen molar-refractivity contribution in [3.8, 4) is 0 Å². The van der Waals surface area contributed by atoms with E-state index in [9.17, 15) is 14.4 Å². The molecule has 1 fully saturated rings. The summed E-state index contributed by atoms with van der Waals surface area (Å²) >= 11 is 2.96. The summed E-state index contributed by atoms with van der Waals surface area (Å²) in [6.45, 7) is 1.14. The highest BCUT2D eigenvalue weighted by molar-refractivity contribution is 7.17. The predicted octanol–water partition coefficient (Wildman–Crippen LogP) is 4.36. The highest BCUT2D eigenvalue weighted by Gasteiger charge is 2.31. The third-order valence-electron chi connectivity index (χ3n) is 5.93. The predicted molar refractivity (Wildman–Crippen MR) is 118 cm³/mol. The van der Waals surface area contributed by atoms with Gasteiger partial charge in [0.15, 0.2) is 0 Å². The van der Waals surface area contributed by atoms with Crippen molar-refractivity contribution >= 4 is 45.5 Å². The van der Waals surface area contributed by atoms with Crippen molar-refractivity contribution in [3.05, 3.63) is 38.4 Å². The summed E-state index contributed by atoms with van der Waals surface area (Å²) in [6, 6.07) is 3.71. The molecule has 6 nitrogen and oxygen atoms in total. The molecule has 2 aliphatic rings. The van der Waals surface area contributed by atoms with E-state index in [2.05, 4.69) is 5.32 Å². The van der Waals surface area contributed by atoms with Gasteiger partial charge >= 0.3 is 5.97 Å². The molecule has 0 bridgehead atoms. The summed E-state index contributed by atoms with van der Waals surface area (Å²) in [5.41, 5.74) is 1.59. The summed E-state index contributed by atoms with van der Waals surface area (Å²) in [6.07, 6.45) is 6.38. The number of nitrogens with zero attached hydrogens (tertiary/aromatic N) is 1. The van der Waals surface area contributed by atoms with E-state index < -0.39 is 0 Å². The molecule has 160 valence electrons. The fourth-order valence-electron chi connectivity index (χ4n) is 4.26. The van der Waals surface area contributed by atoms with Crippen LogP contribution in [-0.2, 0) is 22.4 Å². The molecule has 8 heteroatoms. The zero-order valence-corrected chi connectivity index (χ0v) is 18.7. The van der Waals surface area contributed by atoms with Crippen molar-refractivity contribution in [2.75, 3.05) is 25.5 Å². The third-order valence-corrected chi connectivity index (χ3v) is 8.00. The van der Waals surface area contributed by atoms with E-state index in [1.165, 1.54) is 34.7 Å². The van der Waals surface area contributed by atoms with Crippen molar-refractivity contribution in [2.24, 2.45) is 5.92 Å². The Labute approximate surface area is 184 Å². The van der Waals surface area contributed by atoms with E-state index in [-0.39, 0.29) is 23.7 Å². The molecule has 1 N–H and O–H groups in total. The average Bonchev–Trinajstić information content (AvgIpc) is 3.36. The van der Waals surface area contributed by atoms with Gasteiger partial charge in [0.1, 0.15) is 5.00 Å². The molecule has 1 saturated heterocycles. The number of ether oxygens (including phenoxy) is 1. The molecule has 0 aromatic carbocycles. The normalized spacial score (nSPS) is 17.2. The van der Waals surface area contributed by atoms with Crippen LogP contribution >= 0.6 is 22.7 Å². The van der Waals surface area contributed by atoms with Crippen LogP contribution in [0.4, 0.5) is 5.00 Å². The van der Waals surface area contributed by atoms with Gasteiger partial charge in [0.05, 0.1) is 17.6 Å². The summed E-state index contributed by atoms with van der Waals surface area (Å²) in [5, 5.41) is 5.54. The lowest BCUT2D eigenvalue weighted by Crippen LogP contribution is -2.41. The van der Waals surface area contributed by atoms with Crippen molar-refractivity contribution < 1.29 is 19.1 Å². The Morgan fingerprint density at radius 2 is 1.90 bits per heavy atom. The Kier molecular flexibility index (Phi) is 6.53. The molecule has 0 spiro atoms. The molecule has 2 aromatic heterocycles. The van der Waals surface area contributed by atoms with Crippen LogP contribution in [0, 0.1) is 5.92 Å². The second-order valence-electron chi connectivity index (χ2n) is 7.79. The van der Waals surface area contributed by atoms with Crippen LogP contribution in [0.2, 0.25) is 0 Å². The molecule has 0 radical (unpaired) electrons. The lowest BCUT2D eigenvalue weighted by atomic mass is 9.95. The number of hydrogen-bond donors (Lipinski definition) is 1. The number of likely N-dealkylation sites (tertiary alicyclic amines) is 1. The van der Waals surface area contributed by atoms with Crippen LogP contribution < -0.4 is 5.32 Å². The van der Waals surface area contributed by atoms with Crippen molar-refractivity contribution in [2.45, 2.75) is 44.9 Å². The topological polar surface area (TPSA) is 75.7 Å². The van der Waals surface area contributed by atoms with Gasteiger partial charge in [-0.3, -0.25) is 9.59 Å². The number of carbonyl (C=O) groups is 3. The van der Waals surface area contributed by atoms with Crippen LogP contribution in [0.3, 0.4) is 0 Å². The number of thiophene rings is 2. The van der Waals surface area contributed by atoms with E-state index in [1.807, 2.05) is 22.4 Å². The Morgan fingerprint density at radius 1 is 1.13 bits per heavy atom. The molecule has 0 unspecified atom stereocenters. The number of piperidine rings is 1. The summed E-state index contributed by atoms with van der Waals surface area (Å²) in [5.74, 6) is -0.565. The SMILES string of the molecule is COC(=O)c1c(NC(=O)C2CCN(C(=O)c3cccs3)CC2)sc2c1CCCCC2. The molecule has 2 amide bonds. The van der Waals surface area contributed by atoms with Crippen LogP contribution in [0.5, 0.6) is 0 Å². The maximum Gasteiger partial charge on any atom is 0.341 e. The molecular formula is C22H26N2O4S2. The number of nitrogens with one attached hydrogen (secondary N) is 1. The van der Waals surface area contributed by atoms with E-state index in [0.717, 1.165) is 42.5 Å². The lowest BCUT2D eigenvalue weighted by Gasteiger charge is -2.31. The number of rotatable bonds is 4. The van der Waals surface area contributed by atoms with Crippen LogP contribution in [0.15, 0.2) is 17.5 Å². The first-order valence-corrected chi connectivity index (χ1v) is 12.1.